The van der Waals surface area contributed by atoms with E-state index in [1.165, 1.54) is 0 Å². The second-order valence-electron chi connectivity index (χ2n) is 7.08. The van der Waals surface area contributed by atoms with Crippen LogP contribution in [-0.2, 0) is 9.53 Å². The average Bonchev–Trinajstić information content (AvgIpc) is 2.49. The van der Waals surface area contributed by atoms with E-state index in [0.29, 0.717) is 31.2 Å². The largest absolute Gasteiger partial charge is 0.444 e. The number of carbonyl (C=O) groups excluding carboxylic acids is 2. The van der Waals surface area contributed by atoms with Crippen molar-refractivity contribution in [1.29, 1.82) is 0 Å². The van der Waals surface area contributed by atoms with Crippen LogP contribution in [0.2, 0.25) is 0 Å². The first-order valence-electron chi connectivity index (χ1n) is 7.27. The monoisotopic (exact) mass is 267 g/mol. The summed E-state index contributed by atoms with van der Waals surface area (Å²) in [7, 11) is 0. The van der Waals surface area contributed by atoms with Gasteiger partial charge in [-0.3, -0.25) is 4.79 Å². The van der Waals surface area contributed by atoms with Gasteiger partial charge in [-0.25, -0.2) is 4.79 Å². The van der Waals surface area contributed by atoms with Crippen LogP contribution in [0.3, 0.4) is 0 Å². The lowest BCUT2D eigenvalue weighted by Gasteiger charge is -2.32. The van der Waals surface area contributed by atoms with E-state index in [1.54, 1.807) is 0 Å². The van der Waals surface area contributed by atoms with E-state index in [1.807, 2.05) is 25.7 Å². The van der Waals surface area contributed by atoms with Crippen LogP contribution in [0.5, 0.6) is 0 Å². The maximum atomic E-state index is 12.3. The Morgan fingerprint density at radius 3 is 2.63 bits per heavy atom. The minimum absolute atomic E-state index is 0.0623. The molecule has 2 rings (SSSR count). The van der Waals surface area contributed by atoms with Gasteiger partial charge in [-0.05, 0) is 45.4 Å². The summed E-state index contributed by atoms with van der Waals surface area (Å²) in [5, 5.41) is 0. The first kappa shape index (κ1) is 14.4. The van der Waals surface area contributed by atoms with Crippen LogP contribution in [0.15, 0.2) is 0 Å². The fourth-order valence-electron chi connectivity index (χ4n) is 3.22. The van der Waals surface area contributed by atoms with E-state index in [-0.39, 0.29) is 17.9 Å². The number of ketones is 1. The lowest BCUT2D eigenvalue weighted by Crippen LogP contribution is -2.44. The molecular formula is C15H25NO3. The van der Waals surface area contributed by atoms with Gasteiger partial charge in [0.25, 0.3) is 0 Å². The lowest BCUT2D eigenvalue weighted by atomic mass is 9.92. The summed E-state index contributed by atoms with van der Waals surface area (Å²) >= 11 is 0. The molecule has 1 heterocycles. The molecule has 1 aliphatic heterocycles. The predicted octanol–water partition coefficient (Wildman–Crippen LogP) is 3.00. The Hall–Kier alpha value is -1.06. The van der Waals surface area contributed by atoms with Gasteiger partial charge < -0.3 is 9.64 Å². The Kier molecular flexibility index (Phi) is 3.88. The van der Waals surface area contributed by atoms with Crippen molar-refractivity contribution < 1.29 is 14.3 Å². The molecule has 0 spiro atoms. The number of fused-ring (bicyclic) bond motifs is 1. The molecule has 1 amide bonds. The van der Waals surface area contributed by atoms with Crippen LogP contribution in [-0.4, -0.2) is 35.0 Å². The highest BCUT2D eigenvalue weighted by atomic mass is 16.6. The van der Waals surface area contributed by atoms with Crippen molar-refractivity contribution in [3.8, 4) is 0 Å². The third-order valence-corrected chi connectivity index (χ3v) is 4.07. The summed E-state index contributed by atoms with van der Waals surface area (Å²) in [6, 6.07) is 0.0623. The Morgan fingerprint density at radius 2 is 2.00 bits per heavy atom. The van der Waals surface area contributed by atoms with Crippen molar-refractivity contribution in [2.45, 2.75) is 65.0 Å². The molecule has 2 fully saturated rings. The number of Topliss-reactive ketones (excluding diaryl/α,β-unsaturated/α-hetero) is 1. The maximum absolute atomic E-state index is 12.3. The van der Waals surface area contributed by atoms with Gasteiger partial charge in [0.1, 0.15) is 11.4 Å². The normalized spacial score (nSPS) is 31.9. The van der Waals surface area contributed by atoms with Crippen LogP contribution in [0.25, 0.3) is 0 Å². The van der Waals surface area contributed by atoms with Gasteiger partial charge in [-0.2, -0.15) is 0 Å². The minimum Gasteiger partial charge on any atom is -0.444 e. The number of rotatable bonds is 0. The Labute approximate surface area is 115 Å². The molecule has 0 N–H and O–H groups in total. The van der Waals surface area contributed by atoms with E-state index in [9.17, 15) is 9.59 Å². The van der Waals surface area contributed by atoms with Crippen molar-refractivity contribution in [3.63, 3.8) is 0 Å². The molecule has 0 aromatic carbocycles. The highest BCUT2D eigenvalue weighted by Crippen LogP contribution is 2.36. The Morgan fingerprint density at radius 1 is 1.32 bits per heavy atom. The number of nitrogens with zero attached hydrogens (tertiary/aromatic N) is 1. The molecule has 1 aliphatic carbocycles. The topological polar surface area (TPSA) is 46.6 Å². The van der Waals surface area contributed by atoms with Gasteiger partial charge in [-0.1, -0.05) is 6.92 Å². The van der Waals surface area contributed by atoms with Gasteiger partial charge in [0.15, 0.2) is 0 Å². The standard InChI is InChI=1S/C15H25NO3/c1-10-5-6-16(14(18)19-15(2,3)4)13-9-12(17)8-11(13)7-10/h10-11,13H,5-9H2,1-4H3. The van der Waals surface area contributed by atoms with Crippen LogP contribution in [0.1, 0.15) is 53.4 Å². The summed E-state index contributed by atoms with van der Waals surface area (Å²) in [5.41, 5.74) is -0.479. The zero-order chi connectivity index (χ0) is 14.2. The van der Waals surface area contributed by atoms with E-state index < -0.39 is 5.60 Å². The van der Waals surface area contributed by atoms with Crippen molar-refractivity contribution >= 4 is 11.9 Å². The van der Waals surface area contributed by atoms with E-state index in [0.717, 1.165) is 12.8 Å². The molecular weight excluding hydrogens is 242 g/mol. The van der Waals surface area contributed by atoms with Gasteiger partial charge in [-0.15, -0.1) is 0 Å². The molecule has 1 saturated heterocycles. The highest BCUT2D eigenvalue weighted by Gasteiger charge is 2.42. The summed E-state index contributed by atoms with van der Waals surface area (Å²) in [6.45, 7) is 8.55. The minimum atomic E-state index is -0.479. The molecule has 1 saturated carbocycles. The number of carbonyl (C=O) groups is 2. The van der Waals surface area contributed by atoms with Crippen LogP contribution < -0.4 is 0 Å². The fraction of sp³-hybridized carbons (Fsp3) is 0.867. The third-order valence-electron chi connectivity index (χ3n) is 4.07. The lowest BCUT2D eigenvalue weighted by molar-refractivity contribution is -0.117. The third kappa shape index (κ3) is 3.48. The zero-order valence-electron chi connectivity index (χ0n) is 12.4. The summed E-state index contributed by atoms with van der Waals surface area (Å²) in [6.07, 6.45) is 2.94. The first-order chi connectivity index (χ1) is 8.76. The molecule has 0 radical (unpaired) electrons. The number of ether oxygens (including phenoxy) is 1. The molecule has 3 unspecified atom stereocenters. The average molecular weight is 267 g/mol. The molecule has 0 aromatic rings. The van der Waals surface area contributed by atoms with Crippen LogP contribution in [0.4, 0.5) is 4.79 Å². The van der Waals surface area contributed by atoms with Crippen molar-refractivity contribution in [3.05, 3.63) is 0 Å². The van der Waals surface area contributed by atoms with Gasteiger partial charge in [0.05, 0.1) is 0 Å². The second kappa shape index (κ2) is 5.14. The number of amides is 1. The van der Waals surface area contributed by atoms with E-state index >= 15 is 0 Å². The van der Waals surface area contributed by atoms with Gasteiger partial charge >= 0.3 is 6.09 Å². The Balaban J connectivity index is 2.13. The number of likely N-dealkylation sites (tertiary alicyclic amines) is 1. The zero-order valence-corrected chi connectivity index (χ0v) is 12.4. The summed E-state index contributed by atoms with van der Waals surface area (Å²) in [4.78, 5) is 25.8. The molecule has 2 aliphatic rings. The Bertz CT molecular complexity index is 372. The molecule has 4 heteroatoms. The quantitative estimate of drug-likeness (QED) is 0.678. The smallest absolute Gasteiger partial charge is 0.410 e. The van der Waals surface area contributed by atoms with Gasteiger partial charge in [0, 0.05) is 25.4 Å². The molecule has 0 bridgehead atoms. The molecule has 3 atom stereocenters. The molecule has 19 heavy (non-hydrogen) atoms. The molecule has 4 nitrogen and oxygen atoms in total. The molecule has 0 aromatic heterocycles. The SMILES string of the molecule is CC1CCN(C(=O)OC(C)(C)C)C2CC(=O)CC2C1. The second-order valence-corrected chi connectivity index (χ2v) is 7.08. The van der Waals surface area contributed by atoms with Crippen molar-refractivity contribution in [1.82, 2.24) is 4.90 Å². The highest BCUT2D eigenvalue weighted by molar-refractivity contribution is 5.83. The van der Waals surface area contributed by atoms with Gasteiger partial charge in [0.2, 0.25) is 0 Å². The maximum Gasteiger partial charge on any atom is 0.410 e. The van der Waals surface area contributed by atoms with Crippen molar-refractivity contribution in [2.75, 3.05) is 6.54 Å². The summed E-state index contributed by atoms with van der Waals surface area (Å²) in [5.74, 6) is 1.20. The molecule has 108 valence electrons. The number of hydrogen-bond donors (Lipinski definition) is 0. The van der Waals surface area contributed by atoms with Crippen LogP contribution in [0, 0.1) is 11.8 Å². The first-order valence-corrected chi connectivity index (χ1v) is 7.27. The summed E-state index contributed by atoms with van der Waals surface area (Å²) < 4.78 is 5.49. The van der Waals surface area contributed by atoms with E-state index in [2.05, 4.69) is 6.92 Å². The van der Waals surface area contributed by atoms with Crippen molar-refractivity contribution in [2.24, 2.45) is 11.8 Å². The van der Waals surface area contributed by atoms with Crippen LogP contribution >= 0.6 is 0 Å². The van der Waals surface area contributed by atoms with E-state index in [4.69, 9.17) is 4.74 Å². The predicted molar refractivity (Wildman–Crippen MR) is 72.9 cm³/mol. The fourth-order valence-corrected chi connectivity index (χ4v) is 3.22. The number of hydrogen-bond acceptors (Lipinski definition) is 3.